The van der Waals surface area contributed by atoms with Crippen LogP contribution < -0.4 is 10.4 Å². The fraction of sp³-hybridized carbons (Fsp3) is 0.611. The molecule has 0 aliphatic carbocycles. The Morgan fingerprint density at radius 3 is 2.76 bits per heavy atom. The first kappa shape index (κ1) is 18.2. The average Bonchev–Trinajstić information content (AvgIpc) is 3.05. The van der Waals surface area contributed by atoms with Gasteiger partial charge in [-0.15, -0.1) is 0 Å². The molecule has 0 atom stereocenters. The van der Waals surface area contributed by atoms with Gasteiger partial charge in [-0.05, 0) is 33.3 Å². The number of ether oxygens (including phenoxy) is 1. The second-order valence-electron chi connectivity index (χ2n) is 6.95. The third-order valence-corrected chi connectivity index (χ3v) is 4.77. The Balaban J connectivity index is 1.93. The highest BCUT2D eigenvalue weighted by Crippen LogP contribution is 2.22. The number of hydrogen-bond donors (Lipinski definition) is 1. The second kappa shape index (κ2) is 7.76. The molecule has 136 valence electrons. The van der Waals surface area contributed by atoms with Crippen LogP contribution in [0.15, 0.2) is 18.5 Å². The van der Waals surface area contributed by atoms with Gasteiger partial charge in [-0.25, -0.2) is 4.98 Å². The van der Waals surface area contributed by atoms with E-state index < -0.39 is 7.12 Å². The third-order valence-electron chi connectivity index (χ3n) is 4.77. The molecule has 0 saturated carbocycles. The van der Waals surface area contributed by atoms with E-state index in [0.29, 0.717) is 6.61 Å². The van der Waals surface area contributed by atoms with Crippen LogP contribution in [0.3, 0.4) is 0 Å². The van der Waals surface area contributed by atoms with Crippen molar-refractivity contribution >= 4 is 29.3 Å². The van der Waals surface area contributed by atoms with Crippen LogP contribution in [0.2, 0.25) is 0 Å². The fourth-order valence-corrected chi connectivity index (χ4v) is 2.91. The molecule has 3 heterocycles. The van der Waals surface area contributed by atoms with Crippen molar-refractivity contribution in [3.63, 3.8) is 0 Å². The van der Waals surface area contributed by atoms with Crippen molar-refractivity contribution in [2.75, 3.05) is 37.8 Å². The van der Waals surface area contributed by atoms with Crippen molar-refractivity contribution in [1.29, 1.82) is 0 Å². The Bertz CT molecular complexity index is 698. The first-order valence-electron chi connectivity index (χ1n) is 9.13. The number of pyridine rings is 1. The maximum absolute atomic E-state index is 6.26. The molecule has 1 aliphatic rings. The van der Waals surface area contributed by atoms with Gasteiger partial charge in [0.15, 0.2) is 0 Å². The largest absolute Gasteiger partial charge is 0.496 e. The fourth-order valence-electron chi connectivity index (χ4n) is 2.91. The van der Waals surface area contributed by atoms with Gasteiger partial charge < -0.3 is 23.9 Å². The van der Waals surface area contributed by atoms with Gasteiger partial charge in [-0.3, -0.25) is 0 Å². The zero-order valence-corrected chi connectivity index (χ0v) is 15.7. The molecule has 1 fully saturated rings. The van der Waals surface area contributed by atoms with Gasteiger partial charge in [0.05, 0.1) is 25.1 Å². The van der Waals surface area contributed by atoms with E-state index in [-0.39, 0.29) is 5.60 Å². The van der Waals surface area contributed by atoms with E-state index in [1.54, 1.807) is 0 Å². The van der Waals surface area contributed by atoms with Gasteiger partial charge in [-0.2, -0.15) is 0 Å². The molecule has 1 saturated heterocycles. The maximum Gasteiger partial charge on any atom is 0.496 e. The van der Waals surface area contributed by atoms with E-state index in [4.69, 9.17) is 14.0 Å². The van der Waals surface area contributed by atoms with Gasteiger partial charge in [0.1, 0.15) is 5.65 Å². The Labute approximate surface area is 150 Å². The summed E-state index contributed by atoms with van der Waals surface area (Å²) >= 11 is 0. The molecular weight excluding hydrogens is 317 g/mol. The van der Waals surface area contributed by atoms with E-state index in [9.17, 15) is 0 Å². The highest BCUT2D eigenvalue weighted by Gasteiger charge is 2.31. The lowest BCUT2D eigenvalue weighted by Gasteiger charge is -2.29. The third kappa shape index (κ3) is 4.16. The highest BCUT2D eigenvalue weighted by atomic mass is 16.6. The van der Waals surface area contributed by atoms with Crippen LogP contribution in [0.4, 0.5) is 5.69 Å². The zero-order chi connectivity index (χ0) is 17.9. The van der Waals surface area contributed by atoms with Crippen LogP contribution in [0.5, 0.6) is 0 Å². The zero-order valence-electron chi connectivity index (χ0n) is 15.7. The van der Waals surface area contributed by atoms with Crippen molar-refractivity contribution in [2.24, 2.45) is 0 Å². The Hall–Kier alpha value is -1.57. The van der Waals surface area contributed by atoms with Crippen LogP contribution in [-0.4, -0.2) is 55.6 Å². The molecule has 0 radical (unpaired) electrons. The lowest BCUT2D eigenvalue weighted by atomic mass is 9.77. The first-order chi connectivity index (χ1) is 12.0. The highest BCUT2D eigenvalue weighted by molar-refractivity contribution is 6.64. The molecule has 0 spiro atoms. The number of nitrogens with zero attached hydrogens (tertiary/aromatic N) is 2. The lowest BCUT2D eigenvalue weighted by molar-refractivity contribution is 0.0707. The Morgan fingerprint density at radius 1 is 1.32 bits per heavy atom. The number of aromatic amines is 1. The summed E-state index contributed by atoms with van der Waals surface area (Å²) in [5.74, 6) is 0. The predicted molar refractivity (Wildman–Crippen MR) is 102 cm³/mol. The number of aromatic nitrogens is 2. The topological polar surface area (TPSA) is 59.6 Å². The molecular formula is C18H28BN3O3. The summed E-state index contributed by atoms with van der Waals surface area (Å²) < 4.78 is 17.6. The smallest absolute Gasteiger partial charge is 0.408 e. The summed E-state index contributed by atoms with van der Waals surface area (Å²) in [5, 5.41) is 1.05. The minimum Gasteiger partial charge on any atom is -0.408 e. The molecule has 1 aliphatic heterocycles. The molecule has 7 heteroatoms. The van der Waals surface area contributed by atoms with Crippen molar-refractivity contribution in [3.8, 4) is 0 Å². The molecule has 0 amide bonds. The van der Waals surface area contributed by atoms with E-state index in [2.05, 4.69) is 41.7 Å². The van der Waals surface area contributed by atoms with E-state index in [1.165, 1.54) is 0 Å². The standard InChI is InChI=1S/C18H28BN3O3/c1-5-18(3,4)25-19(24-6-2)16-13-21-17-15(16)11-14(12-20-17)22-7-9-23-10-8-22/h11-13H,5-10H2,1-4H3,(H,20,21). The number of H-pyrrole nitrogens is 1. The second-order valence-corrected chi connectivity index (χ2v) is 6.95. The van der Waals surface area contributed by atoms with Gasteiger partial charge in [0.25, 0.3) is 0 Å². The van der Waals surface area contributed by atoms with Crippen LogP contribution in [0.1, 0.15) is 34.1 Å². The minimum atomic E-state index is -0.407. The summed E-state index contributed by atoms with van der Waals surface area (Å²) in [7, 11) is -0.407. The van der Waals surface area contributed by atoms with Gasteiger partial charge in [-0.1, -0.05) is 6.92 Å². The molecule has 0 aromatic carbocycles. The summed E-state index contributed by atoms with van der Waals surface area (Å²) in [5.41, 5.74) is 2.72. The quantitative estimate of drug-likeness (QED) is 0.781. The molecule has 2 aromatic rings. The van der Waals surface area contributed by atoms with E-state index in [1.807, 2.05) is 19.3 Å². The summed E-state index contributed by atoms with van der Waals surface area (Å²) in [6.07, 6.45) is 4.78. The molecule has 0 bridgehead atoms. The maximum atomic E-state index is 6.26. The van der Waals surface area contributed by atoms with Crippen molar-refractivity contribution < 1.29 is 14.0 Å². The van der Waals surface area contributed by atoms with Crippen LogP contribution >= 0.6 is 0 Å². The van der Waals surface area contributed by atoms with Gasteiger partial charge >= 0.3 is 7.12 Å². The molecule has 1 N–H and O–H groups in total. The SMILES string of the molecule is CCOB(OC(C)(C)CC)c1c[nH]c2ncc(N3CCOCC3)cc12. The minimum absolute atomic E-state index is 0.251. The first-order valence-corrected chi connectivity index (χ1v) is 9.13. The lowest BCUT2D eigenvalue weighted by Crippen LogP contribution is -2.43. The van der Waals surface area contributed by atoms with Gasteiger partial charge in [0, 0.05) is 42.3 Å². The summed E-state index contributed by atoms with van der Waals surface area (Å²) in [6, 6.07) is 2.17. The van der Waals surface area contributed by atoms with Crippen molar-refractivity contribution in [1.82, 2.24) is 9.97 Å². The number of morpholine rings is 1. The van der Waals surface area contributed by atoms with E-state index >= 15 is 0 Å². The van der Waals surface area contributed by atoms with Crippen LogP contribution in [-0.2, 0) is 14.0 Å². The number of nitrogens with one attached hydrogen (secondary N) is 1. The van der Waals surface area contributed by atoms with Gasteiger partial charge in [0.2, 0.25) is 0 Å². The van der Waals surface area contributed by atoms with E-state index in [0.717, 1.165) is 54.9 Å². The molecule has 6 nitrogen and oxygen atoms in total. The summed E-state index contributed by atoms with van der Waals surface area (Å²) in [4.78, 5) is 10.1. The molecule has 3 rings (SSSR count). The van der Waals surface area contributed by atoms with Crippen LogP contribution in [0.25, 0.3) is 11.0 Å². The van der Waals surface area contributed by atoms with Crippen molar-refractivity contribution in [3.05, 3.63) is 18.5 Å². The van der Waals surface area contributed by atoms with Crippen molar-refractivity contribution in [2.45, 2.75) is 39.7 Å². The number of hydrogen-bond acceptors (Lipinski definition) is 5. The number of fused-ring (bicyclic) bond motifs is 1. The Morgan fingerprint density at radius 2 is 2.08 bits per heavy atom. The number of rotatable bonds is 7. The monoisotopic (exact) mass is 345 g/mol. The summed E-state index contributed by atoms with van der Waals surface area (Å²) in [6.45, 7) is 12.2. The molecule has 0 unspecified atom stereocenters. The molecule has 25 heavy (non-hydrogen) atoms. The Kier molecular flexibility index (Phi) is 5.66. The normalized spacial score (nSPS) is 15.8. The molecule has 2 aromatic heterocycles. The van der Waals surface area contributed by atoms with Crippen LogP contribution in [0, 0.1) is 0 Å². The number of anilines is 1. The predicted octanol–water partition coefficient (Wildman–Crippen LogP) is 2.34. The average molecular weight is 345 g/mol.